The Morgan fingerprint density at radius 2 is 2.00 bits per heavy atom. The topological polar surface area (TPSA) is 32.5 Å². The lowest BCUT2D eigenvalue weighted by atomic mass is 9.87. The number of likely N-dealkylation sites (N-methyl/N-ethyl adjacent to an activating group) is 1. The fourth-order valence-electron chi connectivity index (χ4n) is 4.37. The van der Waals surface area contributed by atoms with Gasteiger partial charge in [-0.05, 0) is 58.2 Å². The van der Waals surface area contributed by atoms with Crippen molar-refractivity contribution in [2.75, 3.05) is 40.3 Å². The lowest BCUT2D eigenvalue weighted by Crippen LogP contribution is -2.53. The predicted molar refractivity (Wildman–Crippen MR) is 86.9 cm³/mol. The molecule has 3 heteroatoms. The minimum absolute atomic E-state index is 0.283. The van der Waals surface area contributed by atoms with Gasteiger partial charge in [0.25, 0.3) is 0 Å². The van der Waals surface area contributed by atoms with E-state index in [2.05, 4.69) is 30.8 Å². The second-order valence-corrected chi connectivity index (χ2v) is 7.43. The fourth-order valence-corrected chi connectivity index (χ4v) is 4.37. The number of hydrogen-bond donors (Lipinski definition) is 1. The molecule has 2 N–H and O–H groups in total. The summed E-state index contributed by atoms with van der Waals surface area (Å²) in [5.74, 6) is 1.79. The van der Waals surface area contributed by atoms with Crippen molar-refractivity contribution in [1.82, 2.24) is 9.80 Å². The lowest BCUT2D eigenvalue weighted by molar-refractivity contribution is 0.0892. The molecule has 2 fully saturated rings. The van der Waals surface area contributed by atoms with E-state index in [1.54, 1.807) is 0 Å². The molecule has 118 valence electrons. The van der Waals surface area contributed by atoms with Gasteiger partial charge in [-0.25, -0.2) is 0 Å². The maximum absolute atomic E-state index is 6.24. The number of nitrogens with two attached hydrogens (primary N) is 1. The van der Waals surface area contributed by atoms with Crippen LogP contribution < -0.4 is 5.73 Å². The molecular weight excluding hydrogens is 246 g/mol. The average Bonchev–Trinajstić information content (AvgIpc) is 2.74. The maximum atomic E-state index is 6.24. The quantitative estimate of drug-likeness (QED) is 0.786. The van der Waals surface area contributed by atoms with Crippen molar-refractivity contribution in [2.24, 2.45) is 17.6 Å². The lowest BCUT2D eigenvalue weighted by Gasteiger charge is -2.42. The van der Waals surface area contributed by atoms with Gasteiger partial charge in [0, 0.05) is 25.2 Å². The molecule has 0 radical (unpaired) electrons. The molecule has 0 aromatic heterocycles. The highest BCUT2D eigenvalue weighted by Crippen LogP contribution is 2.35. The van der Waals surface area contributed by atoms with E-state index in [0.717, 1.165) is 18.4 Å². The molecule has 1 aliphatic heterocycles. The Bertz CT molecular complexity index is 294. The number of rotatable bonds is 5. The average molecular weight is 281 g/mol. The third-order valence-electron chi connectivity index (χ3n) is 6.06. The first kappa shape index (κ1) is 16.3. The fraction of sp³-hybridized carbons (Fsp3) is 1.00. The van der Waals surface area contributed by atoms with Crippen LogP contribution in [0.2, 0.25) is 0 Å². The van der Waals surface area contributed by atoms with E-state index in [1.807, 2.05) is 0 Å². The molecule has 1 saturated heterocycles. The van der Waals surface area contributed by atoms with E-state index < -0.39 is 0 Å². The summed E-state index contributed by atoms with van der Waals surface area (Å²) >= 11 is 0. The number of likely N-dealkylation sites (tertiary alicyclic amines) is 1. The Kier molecular flexibility index (Phi) is 5.88. The van der Waals surface area contributed by atoms with E-state index in [-0.39, 0.29) is 5.54 Å². The maximum Gasteiger partial charge on any atom is 0.0328 e. The second-order valence-electron chi connectivity index (χ2n) is 7.43. The van der Waals surface area contributed by atoms with Crippen molar-refractivity contribution < 1.29 is 0 Å². The molecule has 1 aliphatic carbocycles. The van der Waals surface area contributed by atoms with Gasteiger partial charge in [-0.1, -0.05) is 26.2 Å². The van der Waals surface area contributed by atoms with Gasteiger partial charge in [0.05, 0.1) is 0 Å². The van der Waals surface area contributed by atoms with Gasteiger partial charge in [0.15, 0.2) is 0 Å². The highest BCUT2D eigenvalue weighted by molar-refractivity contribution is 4.94. The van der Waals surface area contributed by atoms with Crippen LogP contribution in [0.4, 0.5) is 0 Å². The normalized spacial score (nSPS) is 36.5. The van der Waals surface area contributed by atoms with E-state index >= 15 is 0 Å². The van der Waals surface area contributed by atoms with Gasteiger partial charge < -0.3 is 10.6 Å². The van der Waals surface area contributed by atoms with Crippen molar-refractivity contribution in [1.29, 1.82) is 0 Å². The molecule has 0 aromatic carbocycles. The Labute approximate surface area is 125 Å². The summed E-state index contributed by atoms with van der Waals surface area (Å²) in [6, 6.07) is 0. The molecule has 1 saturated carbocycles. The van der Waals surface area contributed by atoms with Crippen LogP contribution in [0.25, 0.3) is 0 Å². The zero-order valence-electron chi connectivity index (χ0n) is 13.9. The zero-order valence-corrected chi connectivity index (χ0v) is 13.9. The summed E-state index contributed by atoms with van der Waals surface area (Å²) in [5.41, 5.74) is 6.53. The van der Waals surface area contributed by atoms with Gasteiger partial charge in [-0.3, -0.25) is 4.90 Å². The minimum atomic E-state index is 0.283. The monoisotopic (exact) mass is 281 g/mol. The molecular formula is C17H35N3. The van der Waals surface area contributed by atoms with Crippen molar-refractivity contribution in [3.63, 3.8) is 0 Å². The van der Waals surface area contributed by atoms with Crippen LogP contribution in [0.3, 0.4) is 0 Å². The van der Waals surface area contributed by atoms with Crippen LogP contribution in [-0.2, 0) is 0 Å². The van der Waals surface area contributed by atoms with E-state index in [0.29, 0.717) is 0 Å². The van der Waals surface area contributed by atoms with Crippen LogP contribution in [0, 0.1) is 11.8 Å². The standard InChI is InChI=1S/C17H35N3/c1-4-15-6-5-9-17(14-18,10-7-15)20(3)13-16-8-11-19(2)12-16/h15-16H,4-14,18H2,1-3H3. The van der Waals surface area contributed by atoms with Crippen molar-refractivity contribution in [3.05, 3.63) is 0 Å². The first-order valence-corrected chi connectivity index (χ1v) is 8.69. The van der Waals surface area contributed by atoms with E-state index in [1.165, 1.54) is 64.6 Å². The van der Waals surface area contributed by atoms with Gasteiger partial charge in [0.1, 0.15) is 0 Å². The smallest absolute Gasteiger partial charge is 0.0328 e. The summed E-state index contributed by atoms with van der Waals surface area (Å²) in [7, 11) is 4.58. The van der Waals surface area contributed by atoms with Crippen molar-refractivity contribution in [2.45, 2.75) is 57.4 Å². The zero-order chi connectivity index (χ0) is 14.6. The molecule has 0 spiro atoms. The van der Waals surface area contributed by atoms with Crippen LogP contribution >= 0.6 is 0 Å². The molecule has 3 unspecified atom stereocenters. The van der Waals surface area contributed by atoms with Crippen molar-refractivity contribution >= 4 is 0 Å². The molecule has 1 heterocycles. The molecule has 2 aliphatic rings. The highest BCUT2D eigenvalue weighted by atomic mass is 15.2. The number of nitrogens with zero attached hydrogens (tertiary/aromatic N) is 2. The molecule has 3 atom stereocenters. The van der Waals surface area contributed by atoms with Gasteiger partial charge in [-0.15, -0.1) is 0 Å². The van der Waals surface area contributed by atoms with Gasteiger partial charge in [0.2, 0.25) is 0 Å². The van der Waals surface area contributed by atoms with Crippen LogP contribution in [-0.4, -0.2) is 55.6 Å². The number of hydrogen-bond acceptors (Lipinski definition) is 3. The van der Waals surface area contributed by atoms with Crippen molar-refractivity contribution in [3.8, 4) is 0 Å². The van der Waals surface area contributed by atoms with Gasteiger partial charge in [-0.2, -0.15) is 0 Å². The molecule has 20 heavy (non-hydrogen) atoms. The highest BCUT2D eigenvalue weighted by Gasteiger charge is 2.36. The third kappa shape index (κ3) is 3.75. The Morgan fingerprint density at radius 3 is 2.60 bits per heavy atom. The molecule has 0 aromatic rings. The molecule has 0 bridgehead atoms. The molecule has 2 rings (SSSR count). The SMILES string of the molecule is CCC1CCCC(CN)(N(C)CC2CCN(C)C2)CC1. The van der Waals surface area contributed by atoms with Crippen LogP contribution in [0.5, 0.6) is 0 Å². The summed E-state index contributed by atoms with van der Waals surface area (Å²) in [6.45, 7) is 6.95. The summed E-state index contributed by atoms with van der Waals surface area (Å²) in [6.07, 6.45) is 9.47. The Balaban J connectivity index is 1.94. The Hall–Kier alpha value is -0.120. The van der Waals surface area contributed by atoms with Gasteiger partial charge >= 0.3 is 0 Å². The predicted octanol–water partition coefficient (Wildman–Crippen LogP) is 2.56. The first-order valence-electron chi connectivity index (χ1n) is 8.69. The van der Waals surface area contributed by atoms with Crippen LogP contribution in [0.15, 0.2) is 0 Å². The molecule has 0 amide bonds. The van der Waals surface area contributed by atoms with E-state index in [9.17, 15) is 0 Å². The minimum Gasteiger partial charge on any atom is -0.329 e. The van der Waals surface area contributed by atoms with E-state index in [4.69, 9.17) is 5.73 Å². The second kappa shape index (κ2) is 7.24. The molecule has 3 nitrogen and oxygen atoms in total. The Morgan fingerprint density at radius 1 is 1.20 bits per heavy atom. The summed E-state index contributed by atoms with van der Waals surface area (Å²) < 4.78 is 0. The first-order chi connectivity index (χ1) is 9.59. The largest absolute Gasteiger partial charge is 0.329 e. The van der Waals surface area contributed by atoms with Crippen LogP contribution in [0.1, 0.15) is 51.9 Å². The third-order valence-corrected chi connectivity index (χ3v) is 6.06. The summed E-state index contributed by atoms with van der Waals surface area (Å²) in [5, 5.41) is 0. The summed E-state index contributed by atoms with van der Waals surface area (Å²) in [4.78, 5) is 5.10.